The number of carbonyl (C=O) groups is 2. The molecule has 0 atom stereocenters. The number of carbonyl (C=O) groups excluding carboxylic acids is 2. The van der Waals surface area contributed by atoms with Gasteiger partial charge in [-0.05, 0) is 26.7 Å². The van der Waals surface area contributed by atoms with Gasteiger partial charge in [0.05, 0.1) is 5.41 Å². The monoisotopic (exact) mass is 180 g/mol. The van der Waals surface area contributed by atoms with Crippen LogP contribution in [0, 0.1) is 5.41 Å². The summed E-state index contributed by atoms with van der Waals surface area (Å²) in [6.07, 6.45) is 3.99. The first-order valence-corrected chi connectivity index (χ1v) is 4.25. The van der Waals surface area contributed by atoms with E-state index in [9.17, 15) is 9.59 Å². The molecule has 2 nitrogen and oxygen atoms in total. The minimum absolute atomic E-state index is 0.111. The molecular weight excluding hydrogens is 164 g/mol. The Morgan fingerprint density at radius 2 is 1.38 bits per heavy atom. The van der Waals surface area contributed by atoms with Crippen LogP contribution in [0.15, 0.2) is 25.3 Å². The normalized spacial score (nSPS) is 10.6. The van der Waals surface area contributed by atoms with Crippen molar-refractivity contribution in [2.24, 2.45) is 5.41 Å². The molecule has 0 rings (SSSR count). The van der Waals surface area contributed by atoms with Gasteiger partial charge in [0.25, 0.3) is 0 Å². The van der Waals surface area contributed by atoms with Gasteiger partial charge in [-0.15, -0.1) is 13.2 Å². The molecule has 0 heterocycles. The van der Waals surface area contributed by atoms with E-state index in [0.717, 1.165) is 0 Å². The topological polar surface area (TPSA) is 34.1 Å². The van der Waals surface area contributed by atoms with Gasteiger partial charge in [-0.2, -0.15) is 0 Å². The standard InChI is InChI=1S/C11H16O2/c1-5-7-11(8-6-2,9(3)12)10(4)13/h5-6H,1-2,7-8H2,3-4H3. The number of hydrogen-bond donors (Lipinski definition) is 0. The predicted molar refractivity (Wildman–Crippen MR) is 53.4 cm³/mol. The molecular formula is C11H16O2. The summed E-state index contributed by atoms with van der Waals surface area (Å²) < 4.78 is 0. The van der Waals surface area contributed by atoms with Gasteiger partial charge in [-0.3, -0.25) is 9.59 Å². The maximum Gasteiger partial charge on any atom is 0.143 e. The van der Waals surface area contributed by atoms with E-state index in [0.29, 0.717) is 12.8 Å². The second-order valence-electron chi connectivity index (χ2n) is 3.18. The maximum atomic E-state index is 11.4. The van der Waals surface area contributed by atoms with E-state index in [1.165, 1.54) is 13.8 Å². The maximum absolute atomic E-state index is 11.4. The third-order valence-corrected chi connectivity index (χ3v) is 2.33. The molecule has 0 amide bonds. The Hall–Kier alpha value is -1.18. The van der Waals surface area contributed by atoms with Crippen molar-refractivity contribution in [2.45, 2.75) is 26.7 Å². The molecule has 0 saturated heterocycles. The average Bonchev–Trinajstić information content (AvgIpc) is 2.03. The van der Waals surface area contributed by atoms with Gasteiger partial charge in [0.2, 0.25) is 0 Å². The van der Waals surface area contributed by atoms with Crippen molar-refractivity contribution in [3.8, 4) is 0 Å². The van der Waals surface area contributed by atoms with Crippen LogP contribution < -0.4 is 0 Å². The molecule has 0 aromatic heterocycles. The van der Waals surface area contributed by atoms with Crippen LogP contribution in [0.1, 0.15) is 26.7 Å². The molecule has 0 saturated carbocycles. The number of hydrogen-bond acceptors (Lipinski definition) is 2. The zero-order valence-electron chi connectivity index (χ0n) is 8.30. The molecule has 0 spiro atoms. The Morgan fingerprint density at radius 3 is 1.54 bits per heavy atom. The lowest BCUT2D eigenvalue weighted by atomic mass is 9.74. The first-order chi connectivity index (χ1) is 6.01. The second kappa shape index (κ2) is 4.75. The van der Waals surface area contributed by atoms with Crippen molar-refractivity contribution < 1.29 is 9.59 Å². The van der Waals surface area contributed by atoms with Crippen LogP contribution in [0.25, 0.3) is 0 Å². The highest BCUT2D eigenvalue weighted by Gasteiger charge is 2.37. The Bertz CT molecular complexity index is 212. The smallest absolute Gasteiger partial charge is 0.143 e. The van der Waals surface area contributed by atoms with Crippen LogP contribution >= 0.6 is 0 Å². The SMILES string of the molecule is C=CCC(CC=C)(C(C)=O)C(C)=O. The van der Waals surface area contributed by atoms with Crippen molar-refractivity contribution in [3.63, 3.8) is 0 Å². The Kier molecular flexibility index (Phi) is 4.32. The Balaban J connectivity index is 5.02. The van der Waals surface area contributed by atoms with Crippen LogP contribution in [0.4, 0.5) is 0 Å². The molecule has 0 bridgehead atoms. The molecule has 0 aliphatic rings. The highest BCUT2D eigenvalue weighted by Crippen LogP contribution is 2.30. The summed E-state index contributed by atoms with van der Waals surface area (Å²) in [5, 5.41) is 0. The van der Waals surface area contributed by atoms with Gasteiger partial charge < -0.3 is 0 Å². The van der Waals surface area contributed by atoms with Gasteiger partial charge >= 0.3 is 0 Å². The summed E-state index contributed by atoms with van der Waals surface area (Å²) in [6.45, 7) is 9.99. The molecule has 2 heteroatoms. The van der Waals surface area contributed by atoms with Crippen molar-refractivity contribution >= 4 is 11.6 Å². The first-order valence-electron chi connectivity index (χ1n) is 4.25. The Labute approximate surface area is 79.3 Å². The molecule has 0 aromatic rings. The molecule has 0 N–H and O–H groups in total. The zero-order chi connectivity index (χ0) is 10.5. The summed E-state index contributed by atoms with van der Waals surface area (Å²) in [4.78, 5) is 22.7. The fourth-order valence-corrected chi connectivity index (χ4v) is 1.40. The third kappa shape index (κ3) is 2.38. The lowest BCUT2D eigenvalue weighted by Gasteiger charge is -2.25. The van der Waals surface area contributed by atoms with Crippen LogP contribution in [-0.4, -0.2) is 11.6 Å². The van der Waals surface area contributed by atoms with Crippen molar-refractivity contribution in [2.75, 3.05) is 0 Å². The molecule has 0 aliphatic heterocycles. The second-order valence-corrected chi connectivity index (χ2v) is 3.18. The molecule has 0 unspecified atom stereocenters. The molecule has 0 aliphatic carbocycles. The van der Waals surface area contributed by atoms with E-state index in [2.05, 4.69) is 13.2 Å². The van der Waals surface area contributed by atoms with E-state index in [4.69, 9.17) is 0 Å². The number of Topliss-reactive ketones (excluding diaryl/α,β-unsaturated/α-hetero) is 2. The number of allylic oxidation sites excluding steroid dienone is 2. The first kappa shape index (κ1) is 11.8. The van der Waals surface area contributed by atoms with Crippen molar-refractivity contribution in [1.82, 2.24) is 0 Å². The van der Waals surface area contributed by atoms with E-state index >= 15 is 0 Å². The quantitative estimate of drug-likeness (QED) is 0.464. The zero-order valence-corrected chi connectivity index (χ0v) is 8.30. The van der Waals surface area contributed by atoms with Crippen LogP contribution in [0.3, 0.4) is 0 Å². The summed E-state index contributed by atoms with van der Waals surface area (Å²) in [5.41, 5.74) is -0.913. The van der Waals surface area contributed by atoms with Crippen LogP contribution in [0.5, 0.6) is 0 Å². The Morgan fingerprint density at radius 1 is 1.08 bits per heavy atom. The van der Waals surface area contributed by atoms with Gasteiger partial charge in [0.1, 0.15) is 11.6 Å². The average molecular weight is 180 g/mol. The van der Waals surface area contributed by atoms with Crippen LogP contribution in [0.2, 0.25) is 0 Å². The molecule has 72 valence electrons. The summed E-state index contributed by atoms with van der Waals surface area (Å²) in [6, 6.07) is 0. The lowest BCUT2D eigenvalue weighted by Crippen LogP contribution is -2.35. The minimum Gasteiger partial charge on any atom is -0.299 e. The minimum atomic E-state index is -0.913. The fourth-order valence-electron chi connectivity index (χ4n) is 1.40. The molecule has 0 aromatic carbocycles. The third-order valence-electron chi connectivity index (χ3n) is 2.33. The molecule has 13 heavy (non-hydrogen) atoms. The van der Waals surface area contributed by atoms with Gasteiger partial charge in [-0.25, -0.2) is 0 Å². The highest BCUT2D eigenvalue weighted by molar-refractivity contribution is 6.05. The number of rotatable bonds is 6. The fraction of sp³-hybridized carbons (Fsp3) is 0.455. The van der Waals surface area contributed by atoms with Crippen LogP contribution in [-0.2, 0) is 9.59 Å². The van der Waals surface area contributed by atoms with Crippen molar-refractivity contribution in [1.29, 1.82) is 0 Å². The largest absolute Gasteiger partial charge is 0.299 e. The molecule has 0 radical (unpaired) electrons. The summed E-state index contributed by atoms with van der Waals surface area (Å²) >= 11 is 0. The van der Waals surface area contributed by atoms with Gasteiger partial charge in [0, 0.05) is 0 Å². The van der Waals surface area contributed by atoms with Crippen molar-refractivity contribution in [3.05, 3.63) is 25.3 Å². The van der Waals surface area contributed by atoms with E-state index in [-0.39, 0.29) is 11.6 Å². The van der Waals surface area contributed by atoms with E-state index in [1.807, 2.05) is 0 Å². The highest BCUT2D eigenvalue weighted by atomic mass is 16.2. The summed E-state index contributed by atoms with van der Waals surface area (Å²) in [7, 11) is 0. The van der Waals surface area contributed by atoms with E-state index < -0.39 is 5.41 Å². The molecule has 0 fully saturated rings. The predicted octanol–water partition coefficient (Wildman–Crippen LogP) is 2.30. The number of ketones is 2. The summed E-state index contributed by atoms with van der Waals surface area (Å²) in [5.74, 6) is -0.223. The van der Waals surface area contributed by atoms with E-state index in [1.54, 1.807) is 12.2 Å². The van der Waals surface area contributed by atoms with Gasteiger partial charge in [0.15, 0.2) is 0 Å². The van der Waals surface area contributed by atoms with Gasteiger partial charge in [-0.1, -0.05) is 12.2 Å². The lowest BCUT2D eigenvalue weighted by molar-refractivity contribution is -0.138.